The SMILES string of the molecule is COC(=O)c1ccc(Cl)c(NC(=O)CCNc2ccccc2Cl)c1. The molecule has 1 amide bonds. The van der Waals surface area contributed by atoms with Crippen molar-refractivity contribution in [1.82, 2.24) is 0 Å². The van der Waals surface area contributed by atoms with Crippen LogP contribution in [0, 0.1) is 0 Å². The smallest absolute Gasteiger partial charge is 0.337 e. The lowest BCUT2D eigenvalue weighted by molar-refractivity contribution is -0.115. The summed E-state index contributed by atoms with van der Waals surface area (Å²) in [7, 11) is 1.29. The zero-order valence-electron chi connectivity index (χ0n) is 12.9. The van der Waals surface area contributed by atoms with Crippen molar-refractivity contribution < 1.29 is 14.3 Å². The van der Waals surface area contributed by atoms with Gasteiger partial charge in [-0.1, -0.05) is 35.3 Å². The minimum absolute atomic E-state index is 0.212. The number of carbonyl (C=O) groups is 2. The fraction of sp³-hybridized carbons (Fsp3) is 0.176. The predicted molar refractivity (Wildman–Crippen MR) is 96.0 cm³/mol. The first kappa shape index (κ1) is 18.1. The molecule has 0 heterocycles. The second-order valence-electron chi connectivity index (χ2n) is 4.89. The van der Waals surface area contributed by atoms with Gasteiger partial charge in [-0.25, -0.2) is 4.79 Å². The highest BCUT2D eigenvalue weighted by Gasteiger charge is 2.11. The maximum Gasteiger partial charge on any atom is 0.337 e. The fourth-order valence-electron chi connectivity index (χ4n) is 1.99. The van der Waals surface area contributed by atoms with Crippen LogP contribution >= 0.6 is 23.2 Å². The lowest BCUT2D eigenvalue weighted by Crippen LogP contribution is -2.17. The summed E-state index contributed by atoms with van der Waals surface area (Å²) in [6.45, 7) is 0.407. The number of anilines is 2. The van der Waals surface area contributed by atoms with E-state index in [1.165, 1.54) is 25.3 Å². The third kappa shape index (κ3) is 4.88. The molecule has 0 aliphatic heterocycles. The minimum Gasteiger partial charge on any atom is -0.465 e. The summed E-state index contributed by atoms with van der Waals surface area (Å²) in [5, 5.41) is 6.69. The lowest BCUT2D eigenvalue weighted by Gasteiger charge is -2.10. The first-order valence-electron chi connectivity index (χ1n) is 7.17. The second kappa shape index (κ2) is 8.57. The van der Waals surface area contributed by atoms with E-state index in [2.05, 4.69) is 15.4 Å². The van der Waals surface area contributed by atoms with Crippen molar-refractivity contribution in [2.24, 2.45) is 0 Å². The molecule has 0 saturated carbocycles. The van der Waals surface area contributed by atoms with Crippen LogP contribution in [-0.2, 0) is 9.53 Å². The standard InChI is InChI=1S/C17H16Cl2N2O3/c1-24-17(23)11-6-7-13(19)15(10-11)21-16(22)8-9-20-14-5-3-2-4-12(14)18/h2-7,10,20H,8-9H2,1H3,(H,21,22). The van der Waals surface area contributed by atoms with Crippen molar-refractivity contribution in [3.63, 3.8) is 0 Å². The average Bonchev–Trinajstić information content (AvgIpc) is 2.58. The third-order valence-corrected chi connectivity index (χ3v) is 3.86. The van der Waals surface area contributed by atoms with Crippen molar-refractivity contribution >= 4 is 46.5 Å². The number of hydrogen-bond acceptors (Lipinski definition) is 4. The van der Waals surface area contributed by atoms with Gasteiger partial charge in [0.25, 0.3) is 0 Å². The zero-order valence-corrected chi connectivity index (χ0v) is 14.4. The first-order valence-corrected chi connectivity index (χ1v) is 7.93. The van der Waals surface area contributed by atoms with E-state index in [-0.39, 0.29) is 12.3 Å². The first-order chi connectivity index (χ1) is 11.5. The molecule has 0 aromatic heterocycles. The number of halogens is 2. The topological polar surface area (TPSA) is 67.4 Å². The summed E-state index contributed by atoms with van der Waals surface area (Å²) >= 11 is 12.1. The van der Waals surface area contributed by atoms with E-state index in [0.717, 1.165) is 5.69 Å². The molecule has 0 bridgehead atoms. The van der Waals surface area contributed by atoms with Gasteiger partial charge in [0.05, 0.1) is 34.1 Å². The summed E-state index contributed by atoms with van der Waals surface area (Å²) in [6.07, 6.45) is 0.212. The molecule has 24 heavy (non-hydrogen) atoms. The Hall–Kier alpha value is -2.24. The van der Waals surface area contributed by atoms with Crippen LogP contribution < -0.4 is 10.6 Å². The Morgan fingerprint density at radius 1 is 1.04 bits per heavy atom. The Balaban J connectivity index is 1.92. The Kier molecular flexibility index (Phi) is 6.46. The number of benzene rings is 2. The van der Waals surface area contributed by atoms with E-state index in [4.69, 9.17) is 23.2 Å². The lowest BCUT2D eigenvalue weighted by atomic mass is 10.2. The summed E-state index contributed by atoms with van der Waals surface area (Å²) < 4.78 is 4.64. The molecule has 0 unspecified atom stereocenters. The fourth-order valence-corrected chi connectivity index (χ4v) is 2.36. The molecular weight excluding hydrogens is 351 g/mol. The summed E-state index contributed by atoms with van der Waals surface area (Å²) in [5.74, 6) is -0.735. The van der Waals surface area contributed by atoms with Gasteiger partial charge in [0.2, 0.25) is 5.91 Å². The van der Waals surface area contributed by atoms with Crippen molar-refractivity contribution in [2.45, 2.75) is 6.42 Å². The molecule has 0 fully saturated rings. The number of hydrogen-bond donors (Lipinski definition) is 2. The maximum atomic E-state index is 12.0. The van der Waals surface area contributed by atoms with Gasteiger partial charge in [0.15, 0.2) is 0 Å². The molecule has 0 atom stereocenters. The van der Waals surface area contributed by atoms with Crippen LogP contribution in [0.1, 0.15) is 16.8 Å². The van der Waals surface area contributed by atoms with Crippen molar-refractivity contribution in [3.8, 4) is 0 Å². The van der Waals surface area contributed by atoms with Crippen LogP contribution in [0.25, 0.3) is 0 Å². The molecule has 0 spiro atoms. The number of nitrogens with one attached hydrogen (secondary N) is 2. The summed E-state index contributed by atoms with van der Waals surface area (Å²) in [5.41, 5.74) is 1.44. The predicted octanol–water partition coefficient (Wildman–Crippen LogP) is 4.22. The van der Waals surface area contributed by atoms with Crippen molar-refractivity contribution in [3.05, 3.63) is 58.1 Å². The summed E-state index contributed by atoms with van der Waals surface area (Å²) in [4.78, 5) is 23.6. The number of amides is 1. The number of carbonyl (C=O) groups excluding carboxylic acids is 2. The van der Waals surface area contributed by atoms with Gasteiger partial charge < -0.3 is 15.4 Å². The van der Waals surface area contributed by atoms with Crippen LogP contribution in [-0.4, -0.2) is 25.5 Å². The van der Waals surface area contributed by atoms with Gasteiger partial charge in [0.1, 0.15) is 0 Å². The number of ether oxygens (including phenoxy) is 1. The van der Waals surface area contributed by atoms with Crippen LogP contribution in [0.15, 0.2) is 42.5 Å². The second-order valence-corrected chi connectivity index (χ2v) is 5.71. The number of methoxy groups -OCH3 is 1. The third-order valence-electron chi connectivity index (χ3n) is 3.20. The monoisotopic (exact) mass is 366 g/mol. The van der Waals surface area contributed by atoms with Crippen LogP contribution in [0.4, 0.5) is 11.4 Å². The van der Waals surface area contributed by atoms with Crippen molar-refractivity contribution in [1.29, 1.82) is 0 Å². The van der Waals surface area contributed by atoms with Gasteiger partial charge in [0, 0.05) is 13.0 Å². The molecule has 2 aromatic rings. The van der Waals surface area contributed by atoms with Crippen LogP contribution in [0.5, 0.6) is 0 Å². The Morgan fingerprint density at radius 3 is 2.46 bits per heavy atom. The normalized spacial score (nSPS) is 10.1. The number of rotatable bonds is 6. The molecule has 2 aromatic carbocycles. The molecule has 126 valence electrons. The highest BCUT2D eigenvalue weighted by molar-refractivity contribution is 6.34. The number of esters is 1. The molecule has 2 N–H and O–H groups in total. The van der Waals surface area contributed by atoms with Crippen LogP contribution in [0.3, 0.4) is 0 Å². The van der Waals surface area contributed by atoms with E-state index in [9.17, 15) is 9.59 Å². The maximum absolute atomic E-state index is 12.0. The molecule has 0 radical (unpaired) electrons. The van der Waals surface area contributed by atoms with Gasteiger partial charge in [-0.3, -0.25) is 4.79 Å². The largest absolute Gasteiger partial charge is 0.465 e. The van der Waals surface area contributed by atoms with E-state index >= 15 is 0 Å². The Labute approximate surface area is 149 Å². The average molecular weight is 367 g/mol. The quantitative estimate of drug-likeness (QED) is 0.751. The molecule has 5 nitrogen and oxygen atoms in total. The van der Waals surface area contributed by atoms with E-state index in [1.807, 2.05) is 18.2 Å². The minimum atomic E-state index is -0.498. The molecule has 0 aliphatic rings. The van der Waals surface area contributed by atoms with Gasteiger partial charge >= 0.3 is 5.97 Å². The van der Waals surface area contributed by atoms with Gasteiger partial charge in [-0.05, 0) is 30.3 Å². The summed E-state index contributed by atoms with van der Waals surface area (Å²) in [6, 6.07) is 11.8. The highest BCUT2D eigenvalue weighted by atomic mass is 35.5. The van der Waals surface area contributed by atoms with Crippen LogP contribution in [0.2, 0.25) is 10.0 Å². The van der Waals surface area contributed by atoms with Gasteiger partial charge in [-0.2, -0.15) is 0 Å². The molecule has 0 aliphatic carbocycles. The Morgan fingerprint density at radius 2 is 1.75 bits per heavy atom. The van der Waals surface area contributed by atoms with Gasteiger partial charge in [-0.15, -0.1) is 0 Å². The molecule has 0 saturated heterocycles. The highest BCUT2D eigenvalue weighted by Crippen LogP contribution is 2.24. The Bertz CT molecular complexity index is 750. The molecular formula is C17H16Cl2N2O3. The zero-order chi connectivity index (χ0) is 17.5. The van der Waals surface area contributed by atoms with Crippen molar-refractivity contribution in [2.75, 3.05) is 24.3 Å². The molecule has 7 heteroatoms. The van der Waals surface area contributed by atoms with E-state index in [0.29, 0.717) is 27.8 Å². The molecule has 2 rings (SSSR count). The van der Waals surface area contributed by atoms with E-state index in [1.54, 1.807) is 6.07 Å². The number of para-hydroxylation sites is 1. The van der Waals surface area contributed by atoms with E-state index < -0.39 is 5.97 Å².